The standard InChI is InChI=1S/C8H7N3.CH4O3S.H2O/c9-7-3-5-11-8-6(7)2-1-4-10-8;1-5(2,3)4;/h1-5H,(H2,9,10,11);1H3,(H,2,3,4);1H2. The Hall–Kier alpha value is -1.77. The van der Waals surface area contributed by atoms with Crippen molar-refractivity contribution < 1.29 is 18.4 Å². The van der Waals surface area contributed by atoms with Crippen molar-refractivity contribution in [2.75, 3.05) is 12.0 Å². The van der Waals surface area contributed by atoms with E-state index in [1.54, 1.807) is 18.5 Å². The highest BCUT2D eigenvalue weighted by Crippen LogP contribution is 2.14. The van der Waals surface area contributed by atoms with E-state index in [-0.39, 0.29) is 5.48 Å². The van der Waals surface area contributed by atoms with Gasteiger partial charge in [0.05, 0.1) is 6.26 Å². The summed E-state index contributed by atoms with van der Waals surface area (Å²) in [5, 5.41) is 0.912. The minimum atomic E-state index is -3.67. The van der Waals surface area contributed by atoms with Crippen molar-refractivity contribution in [2.45, 2.75) is 0 Å². The molecule has 0 unspecified atom stereocenters. The highest BCUT2D eigenvalue weighted by atomic mass is 32.2. The van der Waals surface area contributed by atoms with Crippen molar-refractivity contribution >= 4 is 26.8 Å². The normalized spacial score (nSPS) is 10.0. The number of pyridine rings is 2. The number of nitrogens with zero attached hydrogens (tertiary/aromatic N) is 2. The van der Waals surface area contributed by atoms with Gasteiger partial charge in [-0.1, -0.05) is 0 Å². The van der Waals surface area contributed by atoms with Gasteiger partial charge in [0.15, 0.2) is 5.65 Å². The average Bonchev–Trinajstić information content (AvgIpc) is 2.16. The van der Waals surface area contributed by atoms with Gasteiger partial charge in [-0.05, 0) is 18.2 Å². The summed E-state index contributed by atoms with van der Waals surface area (Å²) in [4.78, 5) is 8.10. The zero-order chi connectivity index (χ0) is 12.2. The second-order valence-corrected chi connectivity index (χ2v) is 4.47. The molecule has 0 atom stereocenters. The van der Waals surface area contributed by atoms with Gasteiger partial charge < -0.3 is 11.2 Å². The van der Waals surface area contributed by atoms with Crippen molar-refractivity contribution in [2.24, 2.45) is 0 Å². The summed E-state index contributed by atoms with van der Waals surface area (Å²) in [5.74, 6) is 0. The molecule has 0 aliphatic carbocycles. The van der Waals surface area contributed by atoms with Crippen LogP contribution in [0.25, 0.3) is 11.0 Å². The molecule has 2 rings (SSSR count). The van der Waals surface area contributed by atoms with E-state index in [4.69, 9.17) is 10.3 Å². The zero-order valence-corrected chi connectivity index (χ0v) is 9.85. The monoisotopic (exact) mass is 259 g/mol. The lowest BCUT2D eigenvalue weighted by Gasteiger charge is -1.96. The average molecular weight is 259 g/mol. The van der Waals surface area contributed by atoms with E-state index < -0.39 is 10.1 Å². The molecular formula is C9H13N3O4S. The fourth-order valence-electron chi connectivity index (χ4n) is 1.00. The molecule has 8 heteroatoms. The molecule has 5 N–H and O–H groups in total. The summed E-state index contributed by atoms with van der Waals surface area (Å²) in [6.45, 7) is 0. The maximum absolute atomic E-state index is 9.19. The number of nitrogens with two attached hydrogens (primary N) is 1. The summed E-state index contributed by atoms with van der Waals surface area (Å²) in [6, 6.07) is 5.52. The molecule has 0 aromatic carbocycles. The lowest BCUT2D eigenvalue weighted by molar-refractivity contribution is 0.490. The van der Waals surface area contributed by atoms with Crippen LogP contribution in [0.1, 0.15) is 0 Å². The van der Waals surface area contributed by atoms with Gasteiger partial charge in [-0.2, -0.15) is 8.42 Å². The fraction of sp³-hybridized carbons (Fsp3) is 0.111. The summed E-state index contributed by atoms with van der Waals surface area (Å²) in [6.07, 6.45) is 4.08. The second-order valence-electron chi connectivity index (χ2n) is 3.01. The summed E-state index contributed by atoms with van der Waals surface area (Å²) in [5.41, 5.74) is 7.10. The van der Waals surface area contributed by atoms with E-state index in [9.17, 15) is 8.42 Å². The third-order valence-corrected chi connectivity index (χ3v) is 1.55. The van der Waals surface area contributed by atoms with Crippen LogP contribution in [0, 0.1) is 0 Å². The number of aromatic nitrogens is 2. The number of hydrogen-bond acceptors (Lipinski definition) is 5. The first-order chi connectivity index (χ1) is 7.38. The molecule has 0 amide bonds. The molecule has 94 valence electrons. The third kappa shape index (κ3) is 5.76. The van der Waals surface area contributed by atoms with Crippen LogP contribution in [0.2, 0.25) is 0 Å². The quantitative estimate of drug-likeness (QED) is 0.633. The first-order valence-corrected chi connectivity index (χ1v) is 6.10. The van der Waals surface area contributed by atoms with Gasteiger partial charge in [-0.3, -0.25) is 4.55 Å². The topological polar surface area (TPSA) is 138 Å². The van der Waals surface area contributed by atoms with Crippen LogP contribution in [0.4, 0.5) is 5.69 Å². The predicted molar refractivity (Wildman–Crippen MR) is 65.0 cm³/mol. The molecule has 2 aromatic heterocycles. The molecule has 0 fully saturated rings. The molecule has 0 saturated heterocycles. The van der Waals surface area contributed by atoms with Crippen LogP contribution >= 0.6 is 0 Å². The van der Waals surface area contributed by atoms with Gasteiger partial charge in [0.1, 0.15) is 0 Å². The summed E-state index contributed by atoms with van der Waals surface area (Å²) < 4.78 is 25.9. The van der Waals surface area contributed by atoms with E-state index in [0.717, 1.165) is 11.1 Å². The number of anilines is 1. The summed E-state index contributed by atoms with van der Waals surface area (Å²) >= 11 is 0. The lowest BCUT2D eigenvalue weighted by atomic mass is 10.2. The fourth-order valence-corrected chi connectivity index (χ4v) is 1.00. The van der Waals surface area contributed by atoms with E-state index in [1.807, 2.05) is 12.1 Å². The molecule has 0 radical (unpaired) electrons. The Morgan fingerprint density at radius 2 is 1.76 bits per heavy atom. The maximum Gasteiger partial charge on any atom is 0.261 e. The van der Waals surface area contributed by atoms with Crippen molar-refractivity contribution in [1.82, 2.24) is 9.97 Å². The lowest BCUT2D eigenvalue weighted by Crippen LogP contribution is -1.89. The molecule has 2 heterocycles. The molecule has 0 aliphatic heterocycles. The molecule has 7 nitrogen and oxygen atoms in total. The zero-order valence-electron chi connectivity index (χ0n) is 9.03. The summed E-state index contributed by atoms with van der Waals surface area (Å²) in [7, 11) is -3.67. The van der Waals surface area contributed by atoms with Gasteiger partial charge in [0.25, 0.3) is 10.1 Å². The van der Waals surface area contributed by atoms with Crippen LogP contribution < -0.4 is 5.73 Å². The molecule has 0 bridgehead atoms. The van der Waals surface area contributed by atoms with Crippen molar-refractivity contribution in [1.29, 1.82) is 0 Å². The Balaban J connectivity index is 0.000000373. The molecule has 0 spiro atoms. The Kier molecular flexibility index (Phi) is 5.45. The molecule has 17 heavy (non-hydrogen) atoms. The third-order valence-electron chi connectivity index (χ3n) is 1.55. The van der Waals surface area contributed by atoms with Crippen molar-refractivity contribution in [3.05, 3.63) is 30.6 Å². The first kappa shape index (κ1) is 15.2. The van der Waals surface area contributed by atoms with E-state index >= 15 is 0 Å². The van der Waals surface area contributed by atoms with E-state index in [0.29, 0.717) is 11.9 Å². The van der Waals surface area contributed by atoms with Crippen molar-refractivity contribution in [3.63, 3.8) is 0 Å². The van der Waals surface area contributed by atoms with Crippen molar-refractivity contribution in [3.8, 4) is 0 Å². The Morgan fingerprint density at radius 3 is 2.29 bits per heavy atom. The Morgan fingerprint density at radius 1 is 1.24 bits per heavy atom. The van der Waals surface area contributed by atoms with E-state index in [2.05, 4.69) is 9.97 Å². The van der Waals surface area contributed by atoms with Gasteiger partial charge in [-0.25, -0.2) is 9.97 Å². The van der Waals surface area contributed by atoms with Crippen LogP contribution in [-0.2, 0) is 10.1 Å². The van der Waals surface area contributed by atoms with Crippen LogP contribution in [0.5, 0.6) is 0 Å². The van der Waals surface area contributed by atoms with Crippen LogP contribution in [0.15, 0.2) is 30.6 Å². The highest BCUT2D eigenvalue weighted by molar-refractivity contribution is 7.85. The van der Waals surface area contributed by atoms with Gasteiger partial charge in [0.2, 0.25) is 0 Å². The molecule has 0 saturated carbocycles. The maximum atomic E-state index is 9.19. The largest absolute Gasteiger partial charge is 0.412 e. The van der Waals surface area contributed by atoms with E-state index in [1.165, 1.54) is 0 Å². The smallest absolute Gasteiger partial charge is 0.261 e. The molecule has 2 aromatic rings. The van der Waals surface area contributed by atoms with Gasteiger partial charge in [0, 0.05) is 23.5 Å². The number of rotatable bonds is 0. The number of hydrogen-bond donors (Lipinski definition) is 2. The Labute approximate surface area is 98.4 Å². The van der Waals surface area contributed by atoms with Crippen LogP contribution in [0.3, 0.4) is 0 Å². The predicted octanol–water partition coefficient (Wildman–Crippen LogP) is -0.109. The van der Waals surface area contributed by atoms with Crippen LogP contribution in [-0.4, -0.2) is 34.7 Å². The first-order valence-electron chi connectivity index (χ1n) is 4.25. The minimum absolute atomic E-state index is 0. The number of fused-ring (bicyclic) bond motifs is 1. The minimum Gasteiger partial charge on any atom is -0.412 e. The second kappa shape index (κ2) is 6.09. The van der Waals surface area contributed by atoms with Gasteiger partial charge in [-0.15, -0.1) is 0 Å². The Bertz CT molecular complexity index is 572. The number of nitrogen functional groups attached to an aromatic ring is 1. The molecular weight excluding hydrogens is 246 g/mol. The highest BCUT2D eigenvalue weighted by Gasteiger charge is 1.95. The molecule has 0 aliphatic rings. The SMILES string of the molecule is CS(=O)(=O)O.Nc1ccnc2ncccc12.O. The van der Waals surface area contributed by atoms with Gasteiger partial charge >= 0.3 is 0 Å².